The molecule has 2 heterocycles. The lowest BCUT2D eigenvalue weighted by Gasteiger charge is -2.25. The molecule has 0 radical (unpaired) electrons. The second-order valence-electron chi connectivity index (χ2n) is 7.17. The number of nitrogens with zero attached hydrogens (tertiary/aromatic N) is 1. The molecule has 1 aromatic rings. The molecule has 1 fully saturated rings. The van der Waals surface area contributed by atoms with Crippen molar-refractivity contribution >= 4 is 27.9 Å². The summed E-state index contributed by atoms with van der Waals surface area (Å²) in [7, 11) is 0. The predicted octanol–water partition coefficient (Wildman–Crippen LogP) is 1.68. The number of alkyl halides is 3. The first-order chi connectivity index (χ1) is 15.5. The summed E-state index contributed by atoms with van der Waals surface area (Å²) in [5.41, 5.74) is 3.77. The molecule has 1 aromatic heterocycles. The number of unbranched alkanes of at least 4 members (excludes halogenated alkanes) is 2. The van der Waals surface area contributed by atoms with E-state index in [1.807, 2.05) is 4.98 Å². The number of H-pyrrole nitrogens is 1. The maximum absolute atomic E-state index is 12.8. The quantitative estimate of drug-likeness (QED) is 0.258. The third kappa shape index (κ3) is 7.27. The highest BCUT2D eigenvalue weighted by Crippen LogP contribution is 2.34. The molecule has 33 heavy (non-hydrogen) atoms. The van der Waals surface area contributed by atoms with E-state index in [0.29, 0.717) is 25.8 Å². The van der Waals surface area contributed by atoms with Crippen molar-refractivity contribution in [2.24, 2.45) is 5.73 Å². The fraction of sp³-hybridized carbons (Fsp3) is 0.579. The minimum absolute atomic E-state index is 0.0276. The Balaban J connectivity index is 2.25. The van der Waals surface area contributed by atoms with E-state index in [2.05, 4.69) is 27.2 Å². The first-order valence-corrected chi connectivity index (χ1v) is 10.7. The highest BCUT2D eigenvalue weighted by Gasteiger charge is 2.49. The topological polar surface area (TPSA) is 143 Å². The Bertz CT molecular complexity index is 979. The molecule has 1 unspecified atom stereocenters. The summed E-state index contributed by atoms with van der Waals surface area (Å²) in [5.74, 6) is -3.12. The number of aromatic amines is 1. The van der Waals surface area contributed by atoms with Gasteiger partial charge in [-0.3, -0.25) is 19.1 Å². The minimum Gasteiger partial charge on any atom is -0.455 e. The standard InChI is InChI=1S/C19H23BrF3N3O7/c1-2-11(31-14(27)6-4-3-5-7-24)15-12(32-17(29)19(21,22)23)8-13(33-15)26-9-10(20)16(28)25-18(26)30/h2,9,11-13,15H,1,3-8,24H2,(H,25,28,30)/t11?,12-,13+,15+/m0/s1. The summed E-state index contributed by atoms with van der Waals surface area (Å²) < 4.78 is 54.7. The fourth-order valence-electron chi connectivity index (χ4n) is 3.17. The van der Waals surface area contributed by atoms with Crippen LogP contribution in [0.3, 0.4) is 0 Å². The van der Waals surface area contributed by atoms with Gasteiger partial charge in [-0.1, -0.05) is 13.0 Å². The summed E-state index contributed by atoms with van der Waals surface area (Å²) in [4.78, 5) is 49.3. The third-order valence-corrected chi connectivity index (χ3v) is 5.31. The van der Waals surface area contributed by atoms with Crippen molar-refractivity contribution in [3.63, 3.8) is 0 Å². The van der Waals surface area contributed by atoms with Gasteiger partial charge in [0.15, 0.2) is 0 Å². The summed E-state index contributed by atoms with van der Waals surface area (Å²) in [6.45, 7) is 3.98. The van der Waals surface area contributed by atoms with Gasteiger partial charge < -0.3 is 19.9 Å². The van der Waals surface area contributed by atoms with E-state index in [9.17, 15) is 32.3 Å². The average Bonchev–Trinajstić information content (AvgIpc) is 3.14. The molecule has 184 valence electrons. The van der Waals surface area contributed by atoms with Gasteiger partial charge in [-0.05, 0) is 41.4 Å². The molecule has 0 aliphatic carbocycles. The molecule has 3 N–H and O–H groups in total. The van der Waals surface area contributed by atoms with Gasteiger partial charge in [0.25, 0.3) is 5.56 Å². The zero-order valence-corrected chi connectivity index (χ0v) is 18.9. The molecule has 0 amide bonds. The maximum Gasteiger partial charge on any atom is 0.490 e. The van der Waals surface area contributed by atoms with E-state index in [0.717, 1.165) is 16.8 Å². The van der Waals surface area contributed by atoms with Gasteiger partial charge in [0.2, 0.25) is 0 Å². The first kappa shape index (κ1) is 26.8. The van der Waals surface area contributed by atoms with Crippen molar-refractivity contribution in [1.82, 2.24) is 9.55 Å². The highest BCUT2D eigenvalue weighted by atomic mass is 79.9. The molecule has 4 atom stereocenters. The number of nitrogens with one attached hydrogen (secondary N) is 1. The molecule has 2 rings (SSSR count). The summed E-state index contributed by atoms with van der Waals surface area (Å²) in [6, 6.07) is 0. The molecule has 1 saturated heterocycles. The number of carbonyl (C=O) groups is 2. The van der Waals surface area contributed by atoms with Crippen molar-refractivity contribution < 1.29 is 37.0 Å². The number of hydrogen-bond acceptors (Lipinski definition) is 8. The Morgan fingerprint density at radius 1 is 1.36 bits per heavy atom. The van der Waals surface area contributed by atoms with Crippen LogP contribution >= 0.6 is 15.9 Å². The second kappa shape index (κ2) is 11.6. The van der Waals surface area contributed by atoms with Crippen LogP contribution in [0.5, 0.6) is 0 Å². The summed E-state index contributed by atoms with van der Waals surface area (Å²) in [5, 5.41) is 0. The van der Waals surface area contributed by atoms with Crippen molar-refractivity contribution in [3.8, 4) is 0 Å². The molecule has 0 bridgehead atoms. The zero-order valence-electron chi connectivity index (χ0n) is 17.3. The molecule has 14 heteroatoms. The lowest BCUT2D eigenvalue weighted by atomic mass is 10.1. The van der Waals surface area contributed by atoms with E-state index in [4.69, 9.17) is 15.2 Å². The summed E-state index contributed by atoms with van der Waals surface area (Å²) in [6.07, 6.45) is -6.95. The number of aromatic nitrogens is 2. The molecular weight excluding hydrogens is 519 g/mol. The van der Waals surface area contributed by atoms with E-state index in [-0.39, 0.29) is 17.3 Å². The number of halogens is 4. The van der Waals surface area contributed by atoms with Crippen LogP contribution in [0, 0.1) is 0 Å². The van der Waals surface area contributed by atoms with Gasteiger partial charge in [-0.2, -0.15) is 13.2 Å². The molecule has 1 aliphatic heterocycles. The van der Waals surface area contributed by atoms with Gasteiger partial charge in [0, 0.05) is 19.0 Å². The molecule has 0 spiro atoms. The molecule has 1 aliphatic rings. The van der Waals surface area contributed by atoms with Crippen molar-refractivity contribution in [1.29, 1.82) is 0 Å². The van der Waals surface area contributed by atoms with Crippen LogP contribution in [0.4, 0.5) is 13.2 Å². The second-order valence-corrected chi connectivity index (χ2v) is 8.02. The van der Waals surface area contributed by atoms with Crippen LogP contribution in [0.15, 0.2) is 32.9 Å². The number of esters is 2. The lowest BCUT2D eigenvalue weighted by Crippen LogP contribution is -2.41. The number of ether oxygens (including phenoxy) is 3. The number of hydrogen-bond donors (Lipinski definition) is 2. The molecular formula is C19H23BrF3N3O7. The molecule has 0 saturated carbocycles. The van der Waals surface area contributed by atoms with Gasteiger partial charge in [-0.15, -0.1) is 0 Å². The van der Waals surface area contributed by atoms with E-state index < -0.39 is 53.9 Å². The van der Waals surface area contributed by atoms with Crippen LogP contribution in [0.1, 0.15) is 38.3 Å². The van der Waals surface area contributed by atoms with Crippen LogP contribution in [0.25, 0.3) is 0 Å². The number of carbonyl (C=O) groups excluding carboxylic acids is 2. The van der Waals surface area contributed by atoms with Gasteiger partial charge >= 0.3 is 23.8 Å². The van der Waals surface area contributed by atoms with Crippen molar-refractivity contribution in [2.45, 2.75) is 62.8 Å². The smallest absolute Gasteiger partial charge is 0.455 e. The van der Waals surface area contributed by atoms with Crippen LogP contribution in [0.2, 0.25) is 0 Å². The molecule has 10 nitrogen and oxygen atoms in total. The maximum atomic E-state index is 12.8. The van der Waals surface area contributed by atoms with Crippen molar-refractivity contribution in [2.75, 3.05) is 6.54 Å². The van der Waals surface area contributed by atoms with E-state index in [1.54, 1.807) is 0 Å². The summed E-state index contributed by atoms with van der Waals surface area (Å²) >= 11 is 2.95. The highest BCUT2D eigenvalue weighted by molar-refractivity contribution is 9.10. The van der Waals surface area contributed by atoms with Gasteiger partial charge in [-0.25, -0.2) is 9.59 Å². The Kier molecular flexibility index (Phi) is 9.43. The van der Waals surface area contributed by atoms with Crippen LogP contribution in [-0.4, -0.2) is 52.5 Å². The van der Waals surface area contributed by atoms with E-state index in [1.165, 1.54) is 0 Å². The Morgan fingerprint density at radius 3 is 2.67 bits per heavy atom. The van der Waals surface area contributed by atoms with Crippen LogP contribution in [-0.2, 0) is 23.8 Å². The van der Waals surface area contributed by atoms with E-state index >= 15 is 0 Å². The van der Waals surface area contributed by atoms with Gasteiger partial charge in [0.1, 0.15) is 24.5 Å². The number of nitrogens with two attached hydrogens (primary N) is 1. The minimum atomic E-state index is -5.27. The number of rotatable bonds is 10. The predicted molar refractivity (Wildman–Crippen MR) is 111 cm³/mol. The Hall–Kier alpha value is -2.45. The lowest BCUT2D eigenvalue weighted by molar-refractivity contribution is -0.209. The van der Waals surface area contributed by atoms with Gasteiger partial charge in [0.05, 0.1) is 4.47 Å². The SMILES string of the molecule is C=CC(OC(=O)CCCCCN)[C@H]1O[C@@H](n2cc(Br)c(=O)[nH]c2=O)C[C@@H]1OC(=O)C(F)(F)F. The largest absolute Gasteiger partial charge is 0.490 e. The zero-order chi connectivity index (χ0) is 24.8. The average molecular weight is 542 g/mol. The monoisotopic (exact) mass is 541 g/mol. The third-order valence-electron chi connectivity index (χ3n) is 4.75. The first-order valence-electron chi connectivity index (χ1n) is 9.94. The van der Waals surface area contributed by atoms with Crippen LogP contribution < -0.4 is 17.0 Å². The Morgan fingerprint density at radius 2 is 2.06 bits per heavy atom. The fourth-order valence-corrected chi connectivity index (χ4v) is 3.49. The molecule has 0 aromatic carbocycles. The normalized spacial score (nSPS) is 21.4. The van der Waals surface area contributed by atoms with Crippen molar-refractivity contribution in [3.05, 3.63) is 44.2 Å². The Labute approximate surface area is 194 Å².